The van der Waals surface area contributed by atoms with E-state index in [9.17, 15) is 4.79 Å². The number of ether oxygens (including phenoxy) is 1. The van der Waals surface area contributed by atoms with Crippen LogP contribution in [0.5, 0.6) is 5.75 Å². The first-order valence-corrected chi connectivity index (χ1v) is 5.20. The molecule has 1 rings (SSSR count). The zero-order valence-corrected chi connectivity index (χ0v) is 10.0. The van der Waals surface area contributed by atoms with E-state index in [1.165, 1.54) is 6.92 Å². The third-order valence-corrected chi connectivity index (χ3v) is 2.30. The molecule has 0 aliphatic carbocycles. The van der Waals surface area contributed by atoms with Gasteiger partial charge in [0, 0.05) is 4.47 Å². The fraction of sp³-hybridized carbons (Fsp3) is 0.273. The Balaban J connectivity index is 3.07. The van der Waals surface area contributed by atoms with E-state index in [1.54, 1.807) is 25.1 Å². The molecule has 1 aromatic carbocycles. The monoisotopic (exact) mass is 267 g/mol. The molecule has 0 amide bonds. The Kier molecular flexibility index (Phi) is 3.87. The van der Waals surface area contributed by atoms with Gasteiger partial charge in [-0.2, -0.15) is 5.26 Å². The molecule has 0 heterocycles. The van der Waals surface area contributed by atoms with E-state index in [0.29, 0.717) is 11.3 Å². The molecule has 0 aliphatic heterocycles. The molecule has 1 unspecified atom stereocenters. The van der Waals surface area contributed by atoms with Crippen molar-refractivity contribution < 1.29 is 9.53 Å². The Hall–Kier alpha value is -1.34. The number of hydrogen-bond donors (Lipinski definition) is 0. The molecule has 0 fully saturated rings. The molecule has 0 radical (unpaired) electrons. The van der Waals surface area contributed by atoms with Crippen LogP contribution in [0.3, 0.4) is 0 Å². The van der Waals surface area contributed by atoms with Crippen LogP contribution < -0.4 is 4.74 Å². The number of Topliss-reactive ketones (excluding diaryl/α,β-unsaturated/α-hetero) is 1. The normalized spacial score (nSPS) is 11.6. The fourth-order valence-corrected chi connectivity index (χ4v) is 1.46. The van der Waals surface area contributed by atoms with Crippen LogP contribution in [0.1, 0.15) is 24.2 Å². The molecular formula is C11H10BrNO2. The third kappa shape index (κ3) is 3.07. The highest BCUT2D eigenvalue weighted by molar-refractivity contribution is 9.10. The summed E-state index contributed by atoms with van der Waals surface area (Å²) in [5, 5.41) is 8.61. The molecule has 4 heteroatoms. The van der Waals surface area contributed by atoms with Gasteiger partial charge in [-0.05, 0) is 32.0 Å². The Morgan fingerprint density at radius 3 is 2.80 bits per heavy atom. The molecule has 0 aromatic heterocycles. The number of nitrogens with zero attached hydrogens (tertiary/aromatic N) is 1. The van der Waals surface area contributed by atoms with Crippen LogP contribution in [-0.2, 0) is 0 Å². The molecule has 1 aromatic rings. The van der Waals surface area contributed by atoms with Crippen molar-refractivity contribution in [2.75, 3.05) is 0 Å². The van der Waals surface area contributed by atoms with Gasteiger partial charge in [-0.1, -0.05) is 15.9 Å². The number of hydrogen-bond acceptors (Lipinski definition) is 3. The lowest BCUT2D eigenvalue weighted by atomic mass is 10.1. The number of nitriles is 1. The summed E-state index contributed by atoms with van der Waals surface area (Å²) in [7, 11) is 0. The predicted octanol–water partition coefficient (Wildman–Crippen LogP) is 2.94. The van der Waals surface area contributed by atoms with Crippen LogP contribution in [0.2, 0.25) is 0 Å². The number of carbonyl (C=O) groups is 1. The number of rotatable bonds is 3. The minimum atomic E-state index is -0.565. The summed E-state index contributed by atoms with van der Waals surface area (Å²) in [5.41, 5.74) is 0.478. The Labute approximate surface area is 96.8 Å². The maximum absolute atomic E-state index is 11.3. The lowest BCUT2D eigenvalue weighted by molar-refractivity contribution is 0.101. The molecule has 0 spiro atoms. The third-order valence-electron chi connectivity index (χ3n) is 1.81. The van der Waals surface area contributed by atoms with Gasteiger partial charge >= 0.3 is 0 Å². The van der Waals surface area contributed by atoms with Gasteiger partial charge in [-0.3, -0.25) is 4.79 Å². The van der Waals surface area contributed by atoms with Crippen molar-refractivity contribution in [3.8, 4) is 11.8 Å². The smallest absolute Gasteiger partial charge is 0.181 e. The summed E-state index contributed by atoms with van der Waals surface area (Å²) in [4.78, 5) is 11.3. The Morgan fingerprint density at radius 2 is 2.27 bits per heavy atom. The highest BCUT2D eigenvalue weighted by Crippen LogP contribution is 2.24. The first-order valence-electron chi connectivity index (χ1n) is 4.41. The maximum atomic E-state index is 11.3. The average molecular weight is 268 g/mol. The average Bonchev–Trinajstić information content (AvgIpc) is 2.20. The minimum absolute atomic E-state index is 0.0866. The van der Waals surface area contributed by atoms with Crippen LogP contribution in [0.4, 0.5) is 0 Å². The first-order chi connectivity index (χ1) is 7.04. The van der Waals surface area contributed by atoms with Gasteiger partial charge in [0.2, 0.25) is 0 Å². The van der Waals surface area contributed by atoms with E-state index < -0.39 is 6.10 Å². The molecular weight excluding hydrogens is 258 g/mol. The molecule has 0 bridgehead atoms. The zero-order valence-electron chi connectivity index (χ0n) is 8.45. The second-order valence-corrected chi connectivity index (χ2v) is 4.00. The van der Waals surface area contributed by atoms with E-state index in [4.69, 9.17) is 10.00 Å². The van der Waals surface area contributed by atoms with Gasteiger partial charge in [-0.25, -0.2) is 0 Å². The van der Waals surface area contributed by atoms with Gasteiger partial charge < -0.3 is 4.74 Å². The van der Waals surface area contributed by atoms with Gasteiger partial charge in [-0.15, -0.1) is 0 Å². The summed E-state index contributed by atoms with van der Waals surface area (Å²) < 4.78 is 6.12. The van der Waals surface area contributed by atoms with Crippen molar-refractivity contribution in [3.05, 3.63) is 28.2 Å². The maximum Gasteiger partial charge on any atom is 0.181 e. The van der Waals surface area contributed by atoms with Crippen molar-refractivity contribution in [2.24, 2.45) is 0 Å². The Bertz CT molecular complexity index is 423. The summed E-state index contributed by atoms with van der Waals surface area (Å²) in [6, 6.07) is 7.08. The second-order valence-electron chi connectivity index (χ2n) is 3.09. The standard InChI is InChI=1S/C11H10BrNO2/c1-7(6-13)15-11-4-3-9(12)5-10(11)8(2)14/h3-5,7H,1-2H3. The molecule has 78 valence electrons. The number of halogens is 1. The molecule has 1 atom stereocenters. The van der Waals surface area contributed by atoms with E-state index in [2.05, 4.69) is 15.9 Å². The molecule has 0 N–H and O–H groups in total. The van der Waals surface area contributed by atoms with Crippen molar-refractivity contribution in [1.29, 1.82) is 5.26 Å². The molecule has 0 saturated heterocycles. The van der Waals surface area contributed by atoms with E-state index >= 15 is 0 Å². The summed E-state index contributed by atoms with van der Waals surface area (Å²) in [6.45, 7) is 3.09. The minimum Gasteiger partial charge on any atom is -0.475 e. The number of carbonyl (C=O) groups excluding carboxylic acids is 1. The Morgan fingerprint density at radius 1 is 1.60 bits per heavy atom. The van der Waals surface area contributed by atoms with E-state index in [1.807, 2.05) is 6.07 Å². The molecule has 3 nitrogen and oxygen atoms in total. The van der Waals surface area contributed by atoms with E-state index in [-0.39, 0.29) is 5.78 Å². The molecule has 0 aliphatic rings. The van der Waals surface area contributed by atoms with E-state index in [0.717, 1.165) is 4.47 Å². The summed E-state index contributed by atoms with van der Waals surface area (Å²) >= 11 is 3.28. The van der Waals surface area contributed by atoms with Crippen molar-refractivity contribution in [3.63, 3.8) is 0 Å². The topological polar surface area (TPSA) is 50.1 Å². The number of ketones is 1. The predicted molar refractivity (Wildman–Crippen MR) is 59.8 cm³/mol. The second kappa shape index (κ2) is 4.94. The van der Waals surface area contributed by atoms with Crippen molar-refractivity contribution >= 4 is 21.7 Å². The first kappa shape index (κ1) is 11.7. The highest BCUT2D eigenvalue weighted by Gasteiger charge is 2.11. The fourth-order valence-electron chi connectivity index (χ4n) is 1.10. The lowest BCUT2D eigenvalue weighted by Crippen LogP contribution is -2.10. The largest absolute Gasteiger partial charge is 0.475 e. The van der Waals surface area contributed by atoms with Crippen molar-refractivity contribution in [1.82, 2.24) is 0 Å². The summed E-state index contributed by atoms with van der Waals surface area (Å²) in [6.07, 6.45) is -0.565. The van der Waals surface area contributed by atoms with Crippen LogP contribution in [-0.4, -0.2) is 11.9 Å². The van der Waals surface area contributed by atoms with Crippen LogP contribution >= 0.6 is 15.9 Å². The number of benzene rings is 1. The van der Waals surface area contributed by atoms with Gasteiger partial charge in [0.05, 0.1) is 5.56 Å². The lowest BCUT2D eigenvalue weighted by Gasteiger charge is -2.11. The summed E-state index contributed by atoms with van der Waals surface area (Å²) in [5.74, 6) is 0.358. The zero-order chi connectivity index (χ0) is 11.4. The van der Waals surface area contributed by atoms with Gasteiger partial charge in [0.1, 0.15) is 11.8 Å². The molecule has 15 heavy (non-hydrogen) atoms. The van der Waals surface area contributed by atoms with Gasteiger partial charge in [0.25, 0.3) is 0 Å². The van der Waals surface area contributed by atoms with Crippen molar-refractivity contribution in [2.45, 2.75) is 20.0 Å². The highest BCUT2D eigenvalue weighted by atomic mass is 79.9. The molecule has 0 saturated carbocycles. The SMILES string of the molecule is CC(=O)c1cc(Br)ccc1OC(C)C#N. The quantitative estimate of drug-likeness (QED) is 0.792. The van der Waals surface area contributed by atoms with Crippen LogP contribution in [0.25, 0.3) is 0 Å². The van der Waals surface area contributed by atoms with Crippen LogP contribution in [0, 0.1) is 11.3 Å². The van der Waals surface area contributed by atoms with Gasteiger partial charge in [0.15, 0.2) is 11.9 Å². The van der Waals surface area contributed by atoms with Crippen LogP contribution in [0.15, 0.2) is 22.7 Å².